The number of carbonyl (C=O) groups is 4. The molecule has 0 aromatic heterocycles. The molecule has 0 radical (unpaired) electrons. The molecular formula is C35H46N4O5. The number of nitrogens with zero attached hydrogens (tertiary/aromatic N) is 3. The van der Waals surface area contributed by atoms with E-state index in [1.807, 2.05) is 51.1 Å². The van der Waals surface area contributed by atoms with Crippen LogP contribution in [0.1, 0.15) is 74.5 Å². The van der Waals surface area contributed by atoms with Gasteiger partial charge in [-0.1, -0.05) is 69.2 Å². The third kappa shape index (κ3) is 6.61. The summed E-state index contributed by atoms with van der Waals surface area (Å²) < 4.78 is 5.50. The van der Waals surface area contributed by atoms with Gasteiger partial charge in [0.1, 0.15) is 17.7 Å². The van der Waals surface area contributed by atoms with Gasteiger partial charge < -0.3 is 24.8 Å². The van der Waals surface area contributed by atoms with E-state index in [9.17, 15) is 19.2 Å². The molecule has 0 saturated carbocycles. The van der Waals surface area contributed by atoms with Crippen LogP contribution in [0.4, 0.5) is 4.79 Å². The molecule has 2 atom stereocenters. The first-order valence-corrected chi connectivity index (χ1v) is 16.0. The predicted octanol–water partition coefficient (Wildman–Crippen LogP) is 4.43. The van der Waals surface area contributed by atoms with Crippen molar-refractivity contribution in [2.45, 2.75) is 84.5 Å². The van der Waals surface area contributed by atoms with Gasteiger partial charge in [0.25, 0.3) is 5.91 Å². The molecule has 1 N–H and O–H groups in total. The molecule has 2 aromatic carbocycles. The van der Waals surface area contributed by atoms with Crippen LogP contribution in [-0.4, -0.2) is 82.4 Å². The summed E-state index contributed by atoms with van der Waals surface area (Å²) in [5, 5.41) is 3.13. The highest BCUT2D eigenvalue weighted by molar-refractivity contribution is 5.98. The summed E-state index contributed by atoms with van der Waals surface area (Å²) in [5.41, 5.74) is 3.12. The Morgan fingerprint density at radius 2 is 1.45 bits per heavy atom. The first-order chi connectivity index (χ1) is 21.0. The standard InChI is InChI=1S/C35H46N4O5/c1-6-23(7-2)30-31(40)36-29(27-20-24-12-8-9-13-25(24)21-27)33(42)39(30)22-26-14-10-11-15-28(26)32(41)37-16-18-38(19-17-37)34(43)44-35(3,4)5/h8-15,23,27,29-30H,6-7,16-22H2,1-5H3,(H,36,40)/t29-,30-/m1/s1. The smallest absolute Gasteiger partial charge is 0.410 e. The number of ether oxygens (including phenoxy) is 1. The summed E-state index contributed by atoms with van der Waals surface area (Å²) in [4.78, 5) is 59.6. The predicted molar refractivity (Wildman–Crippen MR) is 168 cm³/mol. The van der Waals surface area contributed by atoms with Crippen molar-refractivity contribution in [2.24, 2.45) is 11.8 Å². The van der Waals surface area contributed by atoms with E-state index in [-0.39, 0.29) is 42.2 Å². The van der Waals surface area contributed by atoms with Gasteiger partial charge in [0.15, 0.2) is 0 Å². The first-order valence-electron chi connectivity index (χ1n) is 16.0. The third-order valence-electron chi connectivity index (χ3n) is 9.31. The average molecular weight is 603 g/mol. The maximum absolute atomic E-state index is 14.3. The van der Waals surface area contributed by atoms with Crippen LogP contribution in [0.2, 0.25) is 0 Å². The summed E-state index contributed by atoms with van der Waals surface area (Å²) in [6.45, 7) is 11.3. The lowest BCUT2D eigenvalue weighted by Gasteiger charge is -2.44. The highest BCUT2D eigenvalue weighted by atomic mass is 16.6. The Bertz CT molecular complexity index is 1360. The second-order valence-corrected chi connectivity index (χ2v) is 13.3. The zero-order chi connectivity index (χ0) is 31.6. The van der Waals surface area contributed by atoms with Gasteiger partial charge in [-0.2, -0.15) is 0 Å². The second kappa shape index (κ2) is 13.0. The average Bonchev–Trinajstić information content (AvgIpc) is 3.44. The fourth-order valence-electron chi connectivity index (χ4n) is 6.93. The Kier molecular flexibility index (Phi) is 9.32. The molecule has 0 bridgehead atoms. The largest absolute Gasteiger partial charge is 0.444 e. The Balaban J connectivity index is 1.36. The van der Waals surface area contributed by atoms with E-state index in [1.165, 1.54) is 11.1 Å². The lowest BCUT2D eigenvalue weighted by Crippen LogP contribution is -2.66. The summed E-state index contributed by atoms with van der Waals surface area (Å²) in [7, 11) is 0. The van der Waals surface area contributed by atoms with E-state index in [1.54, 1.807) is 20.8 Å². The third-order valence-corrected chi connectivity index (χ3v) is 9.31. The zero-order valence-electron chi connectivity index (χ0n) is 26.7. The van der Waals surface area contributed by atoms with Gasteiger partial charge in [-0.25, -0.2) is 4.79 Å². The van der Waals surface area contributed by atoms with Crippen LogP contribution in [-0.2, 0) is 33.7 Å². The number of fused-ring (bicyclic) bond motifs is 1. The number of piperazine rings is 2. The van der Waals surface area contributed by atoms with E-state index in [0.29, 0.717) is 31.7 Å². The van der Waals surface area contributed by atoms with Crippen molar-refractivity contribution in [1.29, 1.82) is 0 Å². The summed E-state index contributed by atoms with van der Waals surface area (Å²) in [6, 6.07) is 14.4. The molecule has 2 fully saturated rings. The van der Waals surface area contributed by atoms with Crippen molar-refractivity contribution < 1.29 is 23.9 Å². The highest BCUT2D eigenvalue weighted by Crippen LogP contribution is 2.33. The van der Waals surface area contributed by atoms with Crippen molar-refractivity contribution in [3.63, 3.8) is 0 Å². The number of hydrogen-bond acceptors (Lipinski definition) is 5. The summed E-state index contributed by atoms with van der Waals surface area (Å²) in [5.74, 6) is -0.328. The number of amides is 4. The van der Waals surface area contributed by atoms with Crippen molar-refractivity contribution in [3.05, 3.63) is 70.8 Å². The molecular weight excluding hydrogens is 556 g/mol. The Hall–Kier alpha value is -3.88. The molecule has 4 amide bonds. The Labute approximate surface area is 260 Å². The van der Waals surface area contributed by atoms with Crippen molar-refractivity contribution >= 4 is 23.8 Å². The Morgan fingerprint density at radius 3 is 2.05 bits per heavy atom. The molecule has 2 aliphatic heterocycles. The maximum Gasteiger partial charge on any atom is 0.410 e. The molecule has 2 aromatic rings. The van der Waals surface area contributed by atoms with Gasteiger partial charge in [0.05, 0.1) is 0 Å². The number of hydrogen-bond donors (Lipinski definition) is 1. The summed E-state index contributed by atoms with van der Waals surface area (Å²) in [6.07, 6.45) is 2.65. The normalized spacial score (nSPS) is 21.0. The van der Waals surface area contributed by atoms with E-state index < -0.39 is 17.7 Å². The fraction of sp³-hybridized carbons (Fsp3) is 0.543. The van der Waals surface area contributed by atoms with Crippen LogP contribution in [0.15, 0.2) is 48.5 Å². The number of nitrogens with one attached hydrogen (secondary N) is 1. The van der Waals surface area contributed by atoms with Gasteiger partial charge >= 0.3 is 6.09 Å². The minimum atomic E-state index is -0.607. The lowest BCUT2D eigenvalue weighted by molar-refractivity contribution is -0.154. The van der Waals surface area contributed by atoms with E-state index in [4.69, 9.17) is 4.74 Å². The van der Waals surface area contributed by atoms with Crippen molar-refractivity contribution in [3.8, 4) is 0 Å². The van der Waals surface area contributed by atoms with Crippen LogP contribution >= 0.6 is 0 Å². The molecule has 2 saturated heterocycles. The van der Waals surface area contributed by atoms with Gasteiger partial charge in [-0.05, 0) is 68.2 Å². The van der Waals surface area contributed by atoms with Gasteiger partial charge in [-0.15, -0.1) is 0 Å². The van der Waals surface area contributed by atoms with Crippen LogP contribution in [0.5, 0.6) is 0 Å². The van der Waals surface area contributed by atoms with Crippen molar-refractivity contribution in [1.82, 2.24) is 20.0 Å². The lowest BCUT2D eigenvalue weighted by atomic mass is 9.85. The number of benzene rings is 2. The molecule has 5 rings (SSSR count). The molecule has 9 heteroatoms. The number of rotatable bonds is 7. The molecule has 9 nitrogen and oxygen atoms in total. The van der Waals surface area contributed by atoms with Gasteiger partial charge in [0, 0.05) is 38.3 Å². The minimum absolute atomic E-state index is 0.00414. The van der Waals surface area contributed by atoms with E-state index in [2.05, 4.69) is 31.3 Å². The topological polar surface area (TPSA) is 99.3 Å². The van der Waals surface area contributed by atoms with Gasteiger partial charge in [0.2, 0.25) is 11.8 Å². The van der Waals surface area contributed by atoms with E-state index >= 15 is 0 Å². The van der Waals surface area contributed by atoms with Crippen LogP contribution in [0.3, 0.4) is 0 Å². The molecule has 0 spiro atoms. The quantitative estimate of drug-likeness (QED) is 0.506. The number of carbonyl (C=O) groups excluding carboxylic acids is 4. The SMILES string of the molecule is CCC(CC)[C@@H]1C(=O)N[C@H](C2Cc3ccccc3C2)C(=O)N1Cc1ccccc1C(=O)N1CCN(C(=O)OC(C)(C)C)CC1. The van der Waals surface area contributed by atoms with Crippen LogP contribution < -0.4 is 5.32 Å². The first kappa shape index (κ1) is 31.5. The molecule has 44 heavy (non-hydrogen) atoms. The maximum atomic E-state index is 14.3. The van der Waals surface area contributed by atoms with Crippen LogP contribution in [0.25, 0.3) is 0 Å². The molecule has 0 unspecified atom stereocenters. The van der Waals surface area contributed by atoms with Gasteiger partial charge in [-0.3, -0.25) is 14.4 Å². The molecule has 236 valence electrons. The molecule has 1 aliphatic carbocycles. The Morgan fingerprint density at radius 1 is 0.886 bits per heavy atom. The zero-order valence-corrected chi connectivity index (χ0v) is 26.7. The minimum Gasteiger partial charge on any atom is -0.444 e. The monoisotopic (exact) mass is 602 g/mol. The fourth-order valence-corrected chi connectivity index (χ4v) is 6.93. The van der Waals surface area contributed by atoms with Crippen LogP contribution in [0, 0.1) is 11.8 Å². The molecule has 3 aliphatic rings. The summed E-state index contributed by atoms with van der Waals surface area (Å²) >= 11 is 0. The second-order valence-electron chi connectivity index (χ2n) is 13.3. The van der Waals surface area contributed by atoms with Crippen molar-refractivity contribution in [2.75, 3.05) is 26.2 Å². The highest BCUT2D eigenvalue weighted by Gasteiger charge is 2.47. The molecule has 2 heterocycles. The van der Waals surface area contributed by atoms with E-state index in [0.717, 1.165) is 31.2 Å².